The number of aryl methyl sites for hydroxylation is 1. The molecule has 0 fully saturated rings. The third kappa shape index (κ3) is 1.89. The number of nitrogens with zero attached hydrogens (tertiary/aromatic N) is 1. The van der Waals surface area contributed by atoms with Gasteiger partial charge in [-0.25, -0.2) is 13.6 Å². The second-order valence-corrected chi connectivity index (χ2v) is 3.43. The zero-order chi connectivity index (χ0) is 12.6. The molecule has 0 spiro atoms. The molecule has 2 rings (SSSR count). The number of carboxylic acid groups (broad SMARTS) is 1. The van der Waals surface area contributed by atoms with Gasteiger partial charge in [-0.05, 0) is 18.6 Å². The summed E-state index contributed by atoms with van der Waals surface area (Å²) in [6, 6.07) is 3.35. The van der Waals surface area contributed by atoms with Crippen molar-refractivity contribution in [2.75, 3.05) is 0 Å². The van der Waals surface area contributed by atoms with E-state index >= 15 is 0 Å². The Morgan fingerprint density at radius 3 is 2.71 bits per heavy atom. The molecule has 6 heteroatoms. The third-order valence-electron chi connectivity index (χ3n) is 2.26. The first-order chi connectivity index (χ1) is 8.00. The summed E-state index contributed by atoms with van der Waals surface area (Å²) in [7, 11) is 0. The van der Waals surface area contributed by atoms with Crippen LogP contribution in [0.1, 0.15) is 16.1 Å². The van der Waals surface area contributed by atoms with Crippen molar-refractivity contribution in [3.8, 4) is 11.3 Å². The molecule has 0 aliphatic rings. The van der Waals surface area contributed by atoms with Crippen molar-refractivity contribution in [1.82, 2.24) is 5.16 Å². The van der Waals surface area contributed by atoms with E-state index in [-0.39, 0.29) is 16.8 Å². The van der Waals surface area contributed by atoms with Crippen molar-refractivity contribution in [3.05, 3.63) is 41.2 Å². The van der Waals surface area contributed by atoms with Gasteiger partial charge in [0.05, 0.1) is 5.56 Å². The number of aromatic carboxylic acids is 1. The quantitative estimate of drug-likeness (QED) is 0.874. The monoisotopic (exact) mass is 239 g/mol. The van der Waals surface area contributed by atoms with E-state index in [4.69, 9.17) is 5.11 Å². The number of benzene rings is 1. The summed E-state index contributed by atoms with van der Waals surface area (Å²) < 4.78 is 31.6. The van der Waals surface area contributed by atoms with Crippen LogP contribution in [0.25, 0.3) is 11.3 Å². The Balaban J connectivity index is 2.60. The first kappa shape index (κ1) is 11.3. The maximum atomic E-state index is 13.7. The van der Waals surface area contributed by atoms with Crippen LogP contribution < -0.4 is 0 Å². The van der Waals surface area contributed by atoms with Crippen molar-refractivity contribution < 1.29 is 23.2 Å². The van der Waals surface area contributed by atoms with Gasteiger partial charge in [0.25, 0.3) is 0 Å². The van der Waals surface area contributed by atoms with Gasteiger partial charge in [0, 0.05) is 6.07 Å². The van der Waals surface area contributed by atoms with Gasteiger partial charge in [-0.2, -0.15) is 0 Å². The second kappa shape index (κ2) is 3.97. The SMILES string of the molecule is Cc1ccc(F)c(-c2cc(C(=O)O)on2)c1F. The molecule has 0 unspecified atom stereocenters. The van der Waals surface area contributed by atoms with Gasteiger partial charge in [-0.1, -0.05) is 11.2 Å². The summed E-state index contributed by atoms with van der Waals surface area (Å²) in [5.41, 5.74) is -0.330. The maximum Gasteiger partial charge on any atom is 0.374 e. The summed E-state index contributed by atoms with van der Waals surface area (Å²) >= 11 is 0. The first-order valence-corrected chi connectivity index (χ1v) is 4.65. The molecule has 0 radical (unpaired) electrons. The second-order valence-electron chi connectivity index (χ2n) is 3.43. The minimum absolute atomic E-state index is 0.180. The Labute approximate surface area is 94.5 Å². The lowest BCUT2D eigenvalue weighted by molar-refractivity contribution is 0.0652. The molecule has 0 saturated carbocycles. The molecule has 1 aromatic carbocycles. The van der Waals surface area contributed by atoms with Crippen LogP contribution in [0.2, 0.25) is 0 Å². The highest BCUT2D eigenvalue weighted by Crippen LogP contribution is 2.27. The average Bonchev–Trinajstić information content (AvgIpc) is 2.73. The van der Waals surface area contributed by atoms with Crippen molar-refractivity contribution in [2.45, 2.75) is 6.92 Å². The molecule has 4 nitrogen and oxygen atoms in total. The van der Waals surface area contributed by atoms with E-state index in [1.165, 1.54) is 13.0 Å². The predicted octanol–water partition coefficient (Wildman–Crippen LogP) is 2.63. The van der Waals surface area contributed by atoms with Crippen LogP contribution in [0.3, 0.4) is 0 Å². The fraction of sp³-hybridized carbons (Fsp3) is 0.0909. The summed E-state index contributed by atoms with van der Waals surface area (Å²) in [5.74, 6) is -3.42. The molecule has 88 valence electrons. The Kier molecular flexibility index (Phi) is 2.63. The molecule has 0 saturated heterocycles. The lowest BCUT2D eigenvalue weighted by Crippen LogP contribution is -1.94. The molecule has 1 N–H and O–H groups in total. The zero-order valence-electron chi connectivity index (χ0n) is 8.70. The van der Waals surface area contributed by atoms with E-state index in [9.17, 15) is 13.6 Å². The van der Waals surface area contributed by atoms with Crippen LogP contribution in [-0.2, 0) is 0 Å². The van der Waals surface area contributed by atoms with Crippen LogP contribution in [0.15, 0.2) is 22.7 Å². The minimum atomic E-state index is -1.35. The molecular formula is C11H7F2NO3. The number of hydrogen-bond donors (Lipinski definition) is 1. The van der Waals surface area contributed by atoms with Gasteiger partial charge >= 0.3 is 5.97 Å². The Morgan fingerprint density at radius 2 is 2.12 bits per heavy atom. The highest BCUT2D eigenvalue weighted by Gasteiger charge is 2.19. The molecule has 1 aromatic heterocycles. The standard InChI is InChI=1S/C11H7F2NO3/c1-5-2-3-6(12)9(10(5)13)7-4-8(11(15)16)17-14-7/h2-4H,1H3,(H,15,16). The number of aromatic nitrogens is 1. The van der Waals surface area contributed by atoms with E-state index in [1.807, 2.05) is 0 Å². The highest BCUT2D eigenvalue weighted by atomic mass is 19.1. The lowest BCUT2D eigenvalue weighted by atomic mass is 10.1. The molecule has 0 aliphatic heterocycles. The van der Waals surface area contributed by atoms with E-state index in [2.05, 4.69) is 9.68 Å². The highest BCUT2D eigenvalue weighted by molar-refractivity contribution is 5.85. The summed E-state index contributed by atoms with van der Waals surface area (Å²) in [4.78, 5) is 10.6. The van der Waals surface area contributed by atoms with Gasteiger partial charge < -0.3 is 9.63 Å². The van der Waals surface area contributed by atoms with Gasteiger partial charge in [-0.15, -0.1) is 0 Å². The van der Waals surface area contributed by atoms with E-state index in [1.54, 1.807) is 0 Å². The minimum Gasteiger partial charge on any atom is -0.475 e. The fourth-order valence-electron chi connectivity index (χ4n) is 1.39. The molecule has 1 heterocycles. The first-order valence-electron chi connectivity index (χ1n) is 4.65. The average molecular weight is 239 g/mol. The Hall–Kier alpha value is -2.24. The van der Waals surface area contributed by atoms with Gasteiger partial charge in [0.15, 0.2) is 0 Å². The van der Waals surface area contributed by atoms with Gasteiger partial charge in [0.1, 0.15) is 17.3 Å². The number of halogens is 2. The summed E-state index contributed by atoms with van der Waals surface area (Å²) in [5, 5.41) is 12.0. The molecule has 0 amide bonds. The molecule has 0 bridgehead atoms. The fourth-order valence-corrected chi connectivity index (χ4v) is 1.39. The van der Waals surface area contributed by atoms with Crippen molar-refractivity contribution in [2.24, 2.45) is 0 Å². The lowest BCUT2D eigenvalue weighted by Gasteiger charge is -2.03. The largest absolute Gasteiger partial charge is 0.475 e. The molecule has 0 atom stereocenters. The Bertz CT molecular complexity index is 592. The van der Waals surface area contributed by atoms with Crippen molar-refractivity contribution in [1.29, 1.82) is 0 Å². The molecular weight excluding hydrogens is 232 g/mol. The number of carboxylic acids is 1. The van der Waals surface area contributed by atoms with Crippen LogP contribution in [0, 0.1) is 18.6 Å². The van der Waals surface area contributed by atoms with E-state index in [0.29, 0.717) is 0 Å². The number of carbonyl (C=O) groups is 1. The van der Waals surface area contributed by atoms with E-state index < -0.39 is 23.4 Å². The zero-order valence-corrected chi connectivity index (χ0v) is 8.70. The molecule has 2 aromatic rings. The van der Waals surface area contributed by atoms with Gasteiger partial charge in [0.2, 0.25) is 5.76 Å². The molecule has 17 heavy (non-hydrogen) atoms. The van der Waals surface area contributed by atoms with Crippen molar-refractivity contribution in [3.63, 3.8) is 0 Å². The van der Waals surface area contributed by atoms with Gasteiger partial charge in [-0.3, -0.25) is 0 Å². The Morgan fingerprint density at radius 1 is 1.41 bits per heavy atom. The maximum absolute atomic E-state index is 13.7. The number of hydrogen-bond acceptors (Lipinski definition) is 3. The summed E-state index contributed by atoms with van der Waals surface area (Å²) in [6.45, 7) is 1.47. The smallest absolute Gasteiger partial charge is 0.374 e. The van der Waals surface area contributed by atoms with Crippen LogP contribution >= 0.6 is 0 Å². The molecule has 0 aliphatic carbocycles. The van der Waals surface area contributed by atoms with Crippen LogP contribution in [0.5, 0.6) is 0 Å². The van der Waals surface area contributed by atoms with E-state index in [0.717, 1.165) is 12.1 Å². The predicted molar refractivity (Wildman–Crippen MR) is 53.6 cm³/mol. The normalized spacial score (nSPS) is 10.5. The van der Waals surface area contributed by atoms with Crippen molar-refractivity contribution >= 4 is 5.97 Å². The number of rotatable bonds is 2. The summed E-state index contributed by atoms with van der Waals surface area (Å²) in [6.07, 6.45) is 0. The van der Waals surface area contributed by atoms with Crippen LogP contribution in [0.4, 0.5) is 8.78 Å². The third-order valence-corrected chi connectivity index (χ3v) is 2.26. The topological polar surface area (TPSA) is 63.3 Å². The van der Waals surface area contributed by atoms with Crippen LogP contribution in [-0.4, -0.2) is 16.2 Å².